The van der Waals surface area contributed by atoms with Crippen LogP contribution in [-0.2, 0) is 9.59 Å². The Labute approximate surface area is 128 Å². The van der Waals surface area contributed by atoms with E-state index < -0.39 is 5.41 Å². The molecule has 0 radical (unpaired) electrons. The molecular formula is C17H30N2O2. The van der Waals surface area contributed by atoms with Crippen LogP contribution >= 0.6 is 0 Å². The number of rotatable bonds is 5. The molecule has 1 atom stereocenters. The summed E-state index contributed by atoms with van der Waals surface area (Å²) in [6.45, 7) is 5.95. The maximum atomic E-state index is 12.8. The van der Waals surface area contributed by atoms with Gasteiger partial charge < -0.3 is 11.1 Å². The molecule has 0 aromatic rings. The molecule has 2 amide bonds. The molecule has 0 aliphatic heterocycles. The number of amides is 2. The molecule has 0 unspecified atom stereocenters. The minimum absolute atomic E-state index is 0.0232. The Morgan fingerprint density at radius 3 is 2.14 bits per heavy atom. The van der Waals surface area contributed by atoms with E-state index in [-0.39, 0.29) is 23.3 Å². The number of hydrogen-bond donors (Lipinski definition) is 2. The Hall–Kier alpha value is -1.06. The predicted octanol–water partition coefficient (Wildman–Crippen LogP) is 2.75. The van der Waals surface area contributed by atoms with Crippen molar-refractivity contribution in [3.63, 3.8) is 0 Å². The lowest BCUT2D eigenvalue weighted by molar-refractivity contribution is -0.142. The van der Waals surface area contributed by atoms with Crippen molar-refractivity contribution in [2.45, 2.75) is 77.7 Å². The average Bonchev–Trinajstić information content (AvgIpc) is 2.75. The van der Waals surface area contributed by atoms with Gasteiger partial charge in [0.05, 0.1) is 11.3 Å². The molecular weight excluding hydrogens is 264 g/mol. The van der Waals surface area contributed by atoms with Gasteiger partial charge in [0, 0.05) is 5.54 Å². The van der Waals surface area contributed by atoms with Gasteiger partial charge in [-0.1, -0.05) is 32.1 Å². The Kier molecular flexibility index (Phi) is 4.64. The first-order chi connectivity index (χ1) is 9.74. The summed E-state index contributed by atoms with van der Waals surface area (Å²) in [4.78, 5) is 25.0. The first-order valence-electron chi connectivity index (χ1n) is 8.36. The van der Waals surface area contributed by atoms with Crippen LogP contribution in [-0.4, -0.2) is 17.4 Å². The highest BCUT2D eigenvalue weighted by Gasteiger charge is 2.50. The van der Waals surface area contributed by atoms with E-state index in [2.05, 4.69) is 5.32 Å². The first-order valence-corrected chi connectivity index (χ1v) is 8.36. The van der Waals surface area contributed by atoms with Crippen LogP contribution in [0.15, 0.2) is 0 Å². The van der Waals surface area contributed by atoms with E-state index in [1.54, 1.807) is 0 Å². The fraction of sp³-hybridized carbons (Fsp3) is 0.882. The second kappa shape index (κ2) is 5.98. The minimum atomic E-state index is -0.606. The maximum absolute atomic E-state index is 12.8. The molecule has 4 nitrogen and oxygen atoms in total. The normalized spacial score (nSPS) is 23.4. The van der Waals surface area contributed by atoms with Gasteiger partial charge in [-0.3, -0.25) is 9.59 Å². The zero-order chi connectivity index (χ0) is 15.7. The number of primary amides is 1. The average molecular weight is 294 g/mol. The van der Waals surface area contributed by atoms with Crippen molar-refractivity contribution in [3.8, 4) is 0 Å². The molecule has 2 saturated carbocycles. The van der Waals surface area contributed by atoms with Crippen molar-refractivity contribution in [3.05, 3.63) is 0 Å². The number of nitrogens with one attached hydrogen (secondary N) is 1. The third-order valence-corrected chi connectivity index (χ3v) is 5.26. The van der Waals surface area contributed by atoms with E-state index in [4.69, 9.17) is 5.73 Å². The predicted molar refractivity (Wildman–Crippen MR) is 83.4 cm³/mol. The molecule has 0 spiro atoms. The van der Waals surface area contributed by atoms with Crippen LogP contribution in [0.25, 0.3) is 0 Å². The Morgan fingerprint density at radius 2 is 1.76 bits per heavy atom. The van der Waals surface area contributed by atoms with Gasteiger partial charge in [0.25, 0.3) is 0 Å². The highest BCUT2D eigenvalue weighted by Crippen LogP contribution is 2.48. The van der Waals surface area contributed by atoms with Crippen LogP contribution in [0.1, 0.15) is 72.1 Å². The summed E-state index contributed by atoms with van der Waals surface area (Å²) in [5, 5.41) is 3.08. The van der Waals surface area contributed by atoms with Gasteiger partial charge in [-0.25, -0.2) is 0 Å². The summed E-state index contributed by atoms with van der Waals surface area (Å²) in [6.07, 6.45) is 8.02. The Balaban J connectivity index is 2.21. The molecule has 0 aromatic heterocycles. The number of carbonyl (C=O) groups excluding carboxylic acids is 2. The van der Waals surface area contributed by atoms with E-state index in [9.17, 15) is 9.59 Å². The third-order valence-electron chi connectivity index (χ3n) is 5.26. The Morgan fingerprint density at radius 1 is 1.19 bits per heavy atom. The van der Waals surface area contributed by atoms with Gasteiger partial charge in [-0.2, -0.15) is 0 Å². The van der Waals surface area contributed by atoms with Crippen LogP contribution in [0.4, 0.5) is 0 Å². The summed E-state index contributed by atoms with van der Waals surface area (Å²) >= 11 is 0. The lowest BCUT2D eigenvalue weighted by atomic mass is 9.66. The van der Waals surface area contributed by atoms with Crippen LogP contribution in [0, 0.1) is 17.3 Å². The van der Waals surface area contributed by atoms with E-state index >= 15 is 0 Å². The number of hydrogen-bond acceptors (Lipinski definition) is 2. The number of nitrogens with two attached hydrogens (primary N) is 1. The first kappa shape index (κ1) is 16.3. The molecule has 0 heterocycles. The minimum Gasteiger partial charge on any atom is -0.369 e. The molecule has 120 valence electrons. The topological polar surface area (TPSA) is 72.2 Å². The van der Waals surface area contributed by atoms with E-state index in [1.165, 1.54) is 19.3 Å². The summed E-state index contributed by atoms with van der Waals surface area (Å²) in [5.74, 6) is 0.100. The van der Waals surface area contributed by atoms with Crippen molar-refractivity contribution >= 4 is 11.8 Å². The smallest absolute Gasteiger partial charge is 0.224 e. The van der Waals surface area contributed by atoms with Crippen LogP contribution in [0.3, 0.4) is 0 Å². The second-order valence-corrected chi connectivity index (χ2v) is 8.05. The van der Waals surface area contributed by atoms with Crippen molar-refractivity contribution in [2.24, 2.45) is 23.0 Å². The maximum Gasteiger partial charge on any atom is 0.224 e. The SMILES string of the molecule is CC(C)(C)NC(=O)[C@H](CC1CCC1)C1(C(N)=O)CCCC1. The van der Waals surface area contributed by atoms with Crippen molar-refractivity contribution in [2.75, 3.05) is 0 Å². The van der Waals surface area contributed by atoms with Gasteiger partial charge in [-0.05, 0) is 46.0 Å². The monoisotopic (exact) mass is 294 g/mol. The summed E-state index contributed by atoms with van der Waals surface area (Å²) < 4.78 is 0. The van der Waals surface area contributed by atoms with E-state index in [0.29, 0.717) is 5.92 Å². The van der Waals surface area contributed by atoms with Gasteiger partial charge >= 0.3 is 0 Å². The molecule has 0 bridgehead atoms. The zero-order valence-corrected chi connectivity index (χ0v) is 13.7. The van der Waals surface area contributed by atoms with Gasteiger partial charge in [0.15, 0.2) is 0 Å². The molecule has 2 fully saturated rings. The molecule has 4 heteroatoms. The zero-order valence-electron chi connectivity index (χ0n) is 13.7. The van der Waals surface area contributed by atoms with Crippen LogP contribution < -0.4 is 11.1 Å². The lowest BCUT2D eigenvalue weighted by Crippen LogP contribution is -2.52. The highest BCUT2D eigenvalue weighted by molar-refractivity contribution is 5.90. The highest BCUT2D eigenvalue weighted by atomic mass is 16.2. The van der Waals surface area contributed by atoms with Crippen molar-refractivity contribution in [1.82, 2.24) is 5.32 Å². The van der Waals surface area contributed by atoms with E-state index in [0.717, 1.165) is 32.1 Å². The molecule has 0 saturated heterocycles. The fourth-order valence-corrected chi connectivity index (χ4v) is 3.87. The second-order valence-electron chi connectivity index (χ2n) is 8.05. The summed E-state index contributed by atoms with van der Waals surface area (Å²) in [6, 6.07) is 0. The molecule has 2 aliphatic carbocycles. The van der Waals surface area contributed by atoms with Crippen LogP contribution in [0.2, 0.25) is 0 Å². The Bertz CT molecular complexity index is 402. The number of carbonyl (C=O) groups is 2. The van der Waals surface area contributed by atoms with Gasteiger partial charge in [0.1, 0.15) is 0 Å². The van der Waals surface area contributed by atoms with Gasteiger partial charge in [-0.15, -0.1) is 0 Å². The van der Waals surface area contributed by atoms with E-state index in [1.807, 2.05) is 20.8 Å². The lowest BCUT2D eigenvalue weighted by Gasteiger charge is -2.39. The molecule has 3 N–H and O–H groups in total. The molecule has 0 aromatic carbocycles. The summed E-state index contributed by atoms with van der Waals surface area (Å²) in [5.41, 5.74) is 4.87. The quantitative estimate of drug-likeness (QED) is 0.818. The largest absolute Gasteiger partial charge is 0.369 e. The van der Waals surface area contributed by atoms with Gasteiger partial charge in [0.2, 0.25) is 11.8 Å². The van der Waals surface area contributed by atoms with Crippen molar-refractivity contribution < 1.29 is 9.59 Å². The molecule has 2 aliphatic rings. The standard InChI is InChI=1S/C17H30N2O2/c1-16(2,3)19-14(20)13(11-12-7-6-8-12)17(15(18)21)9-4-5-10-17/h12-13H,4-11H2,1-3H3,(H2,18,21)(H,19,20)/t13-/m0/s1. The fourth-order valence-electron chi connectivity index (χ4n) is 3.87. The molecule has 2 rings (SSSR count). The van der Waals surface area contributed by atoms with Crippen LogP contribution in [0.5, 0.6) is 0 Å². The molecule has 21 heavy (non-hydrogen) atoms. The summed E-state index contributed by atoms with van der Waals surface area (Å²) in [7, 11) is 0. The van der Waals surface area contributed by atoms with Crippen molar-refractivity contribution in [1.29, 1.82) is 0 Å². The third kappa shape index (κ3) is 3.58.